The average Bonchev–Trinajstić information content (AvgIpc) is 3.25. The summed E-state index contributed by atoms with van der Waals surface area (Å²) >= 11 is 0. The maximum Gasteiger partial charge on any atom is 0.228 e. The number of hydrogen-bond donors (Lipinski definition) is 0. The third-order valence-electron chi connectivity index (χ3n) is 5.66. The summed E-state index contributed by atoms with van der Waals surface area (Å²) in [5.74, 6) is -1.35. The number of nitrogens with zero attached hydrogens (tertiary/aromatic N) is 2. The molecule has 2 amide bonds. The number of carbonyl (C=O) groups is 2. The lowest BCUT2D eigenvalue weighted by molar-refractivity contribution is -0.138. The van der Waals surface area contributed by atoms with Gasteiger partial charge in [-0.3, -0.25) is 9.59 Å². The standard InChI is InChI=1S/C19H23FN2O4S/c1-12-2-5-17(16(20)8-12)21-10-13(9-18(21)23)19(24)22(14-3-4-14)15-6-7-27(25,26)11-15/h2,5,8,13-15H,3-4,6-7,9-11H2,1H3. The van der Waals surface area contributed by atoms with Crippen LogP contribution in [-0.2, 0) is 19.4 Å². The molecule has 2 aliphatic heterocycles. The summed E-state index contributed by atoms with van der Waals surface area (Å²) in [6, 6.07) is 4.46. The van der Waals surface area contributed by atoms with Crippen molar-refractivity contribution in [3.63, 3.8) is 0 Å². The normalized spacial score (nSPS) is 27.2. The van der Waals surface area contributed by atoms with Crippen molar-refractivity contribution in [2.75, 3.05) is 23.0 Å². The fourth-order valence-corrected chi connectivity index (χ4v) is 5.86. The highest BCUT2D eigenvalue weighted by Crippen LogP contribution is 2.36. The van der Waals surface area contributed by atoms with Crippen molar-refractivity contribution in [1.29, 1.82) is 0 Å². The van der Waals surface area contributed by atoms with Crippen LogP contribution in [0.25, 0.3) is 0 Å². The van der Waals surface area contributed by atoms with Crippen molar-refractivity contribution in [2.45, 2.75) is 44.7 Å². The molecule has 3 fully saturated rings. The maximum atomic E-state index is 14.3. The van der Waals surface area contributed by atoms with Gasteiger partial charge in [0.05, 0.1) is 23.1 Å². The summed E-state index contributed by atoms with van der Waals surface area (Å²) in [6.45, 7) is 1.91. The highest BCUT2D eigenvalue weighted by atomic mass is 32.2. The van der Waals surface area contributed by atoms with E-state index in [9.17, 15) is 22.4 Å². The van der Waals surface area contributed by atoms with E-state index in [1.165, 1.54) is 11.0 Å². The molecule has 0 radical (unpaired) electrons. The van der Waals surface area contributed by atoms with Gasteiger partial charge in [0.2, 0.25) is 11.8 Å². The molecular formula is C19H23FN2O4S. The number of benzene rings is 1. The molecule has 0 bridgehead atoms. The van der Waals surface area contributed by atoms with Crippen LogP contribution in [0.5, 0.6) is 0 Å². The van der Waals surface area contributed by atoms with Crippen LogP contribution in [0.3, 0.4) is 0 Å². The van der Waals surface area contributed by atoms with E-state index in [1.807, 2.05) is 0 Å². The lowest BCUT2D eigenvalue weighted by Gasteiger charge is -2.30. The minimum absolute atomic E-state index is 0.00616. The minimum atomic E-state index is -3.10. The summed E-state index contributed by atoms with van der Waals surface area (Å²) in [5, 5.41) is 0. The number of halogens is 1. The molecule has 1 aliphatic carbocycles. The van der Waals surface area contributed by atoms with Gasteiger partial charge in [0.1, 0.15) is 5.82 Å². The fourth-order valence-electron chi connectivity index (χ4n) is 4.15. The first-order valence-electron chi connectivity index (χ1n) is 9.34. The lowest BCUT2D eigenvalue weighted by atomic mass is 10.0. The molecule has 2 heterocycles. The van der Waals surface area contributed by atoms with Crippen molar-refractivity contribution >= 4 is 27.3 Å². The number of sulfone groups is 1. The molecule has 8 heteroatoms. The van der Waals surface area contributed by atoms with Crippen LogP contribution in [0, 0.1) is 18.7 Å². The number of hydrogen-bond acceptors (Lipinski definition) is 4. The van der Waals surface area contributed by atoms with Crippen LogP contribution in [-0.4, -0.2) is 55.3 Å². The molecule has 2 saturated heterocycles. The highest BCUT2D eigenvalue weighted by Gasteiger charge is 2.46. The quantitative estimate of drug-likeness (QED) is 0.779. The van der Waals surface area contributed by atoms with Crippen LogP contribution < -0.4 is 4.90 Å². The van der Waals surface area contributed by atoms with E-state index in [0.717, 1.165) is 18.4 Å². The molecule has 1 saturated carbocycles. The van der Waals surface area contributed by atoms with Crippen LogP contribution in [0.2, 0.25) is 0 Å². The van der Waals surface area contributed by atoms with E-state index in [2.05, 4.69) is 0 Å². The first-order valence-corrected chi connectivity index (χ1v) is 11.2. The second-order valence-corrected chi connectivity index (χ2v) is 10.1. The van der Waals surface area contributed by atoms with Gasteiger partial charge in [0.15, 0.2) is 9.84 Å². The Labute approximate surface area is 158 Å². The van der Waals surface area contributed by atoms with E-state index >= 15 is 0 Å². The van der Waals surface area contributed by atoms with Gasteiger partial charge in [-0.2, -0.15) is 0 Å². The lowest BCUT2D eigenvalue weighted by Crippen LogP contribution is -2.46. The van der Waals surface area contributed by atoms with Gasteiger partial charge in [0.25, 0.3) is 0 Å². The van der Waals surface area contributed by atoms with Crippen LogP contribution >= 0.6 is 0 Å². The Morgan fingerprint density at radius 2 is 1.96 bits per heavy atom. The zero-order valence-electron chi connectivity index (χ0n) is 15.2. The van der Waals surface area contributed by atoms with Gasteiger partial charge in [-0.25, -0.2) is 12.8 Å². The van der Waals surface area contributed by atoms with Gasteiger partial charge in [0, 0.05) is 25.0 Å². The zero-order chi connectivity index (χ0) is 19.3. The molecule has 1 aromatic carbocycles. The van der Waals surface area contributed by atoms with Crippen LogP contribution in [0.1, 0.15) is 31.2 Å². The molecule has 1 aromatic rings. The molecule has 2 unspecified atom stereocenters. The fraction of sp³-hybridized carbons (Fsp3) is 0.579. The third kappa shape index (κ3) is 3.59. The SMILES string of the molecule is Cc1ccc(N2CC(C(=O)N(C3CC3)C3CCS(=O)(=O)C3)CC2=O)c(F)c1. The van der Waals surface area contributed by atoms with E-state index < -0.39 is 21.6 Å². The number of amides is 2. The molecule has 2 atom stereocenters. The zero-order valence-corrected chi connectivity index (χ0v) is 16.0. The molecule has 3 aliphatic rings. The first-order chi connectivity index (χ1) is 12.7. The number of rotatable bonds is 4. The van der Waals surface area contributed by atoms with Gasteiger partial charge in [-0.15, -0.1) is 0 Å². The van der Waals surface area contributed by atoms with Gasteiger partial charge in [-0.1, -0.05) is 6.07 Å². The Balaban J connectivity index is 1.53. The third-order valence-corrected chi connectivity index (χ3v) is 7.42. The summed E-state index contributed by atoms with van der Waals surface area (Å²) in [5.41, 5.74) is 0.959. The van der Waals surface area contributed by atoms with E-state index in [0.29, 0.717) is 6.42 Å². The highest BCUT2D eigenvalue weighted by molar-refractivity contribution is 7.91. The van der Waals surface area contributed by atoms with Crippen molar-refractivity contribution in [3.05, 3.63) is 29.6 Å². The average molecular weight is 394 g/mol. The molecule has 0 aromatic heterocycles. The Bertz CT molecular complexity index is 897. The van der Waals surface area contributed by atoms with Gasteiger partial charge >= 0.3 is 0 Å². The van der Waals surface area contributed by atoms with Gasteiger partial charge in [-0.05, 0) is 43.9 Å². The van der Waals surface area contributed by atoms with Crippen LogP contribution in [0.15, 0.2) is 18.2 Å². The molecule has 4 rings (SSSR count). The van der Waals surface area contributed by atoms with E-state index in [-0.39, 0.29) is 54.1 Å². The second-order valence-electron chi connectivity index (χ2n) is 7.89. The first kappa shape index (κ1) is 18.4. The predicted molar refractivity (Wildman–Crippen MR) is 98.5 cm³/mol. The Morgan fingerprint density at radius 3 is 2.56 bits per heavy atom. The van der Waals surface area contributed by atoms with Crippen molar-refractivity contribution in [3.8, 4) is 0 Å². The Morgan fingerprint density at radius 1 is 1.22 bits per heavy atom. The largest absolute Gasteiger partial charge is 0.335 e. The smallest absolute Gasteiger partial charge is 0.228 e. The number of aryl methyl sites for hydroxylation is 1. The summed E-state index contributed by atoms with van der Waals surface area (Å²) in [4.78, 5) is 28.7. The van der Waals surface area contributed by atoms with Gasteiger partial charge < -0.3 is 9.80 Å². The van der Waals surface area contributed by atoms with Crippen molar-refractivity contribution in [1.82, 2.24) is 4.90 Å². The number of carbonyl (C=O) groups excluding carboxylic acids is 2. The molecule has 0 spiro atoms. The molecule has 27 heavy (non-hydrogen) atoms. The summed E-state index contributed by atoms with van der Waals surface area (Å²) in [6.07, 6.45) is 2.24. The molecule has 146 valence electrons. The molecule has 0 N–H and O–H groups in total. The molecular weight excluding hydrogens is 371 g/mol. The van der Waals surface area contributed by atoms with Crippen molar-refractivity contribution < 1.29 is 22.4 Å². The summed E-state index contributed by atoms with van der Waals surface area (Å²) < 4.78 is 38.0. The second kappa shape index (κ2) is 6.58. The van der Waals surface area contributed by atoms with E-state index in [4.69, 9.17) is 0 Å². The van der Waals surface area contributed by atoms with E-state index in [1.54, 1.807) is 24.0 Å². The maximum absolute atomic E-state index is 14.3. The Kier molecular flexibility index (Phi) is 4.49. The predicted octanol–water partition coefficient (Wildman–Crippen LogP) is 1.67. The van der Waals surface area contributed by atoms with Crippen LogP contribution in [0.4, 0.5) is 10.1 Å². The topological polar surface area (TPSA) is 74.8 Å². The minimum Gasteiger partial charge on any atom is -0.335 e. The Hall–Kier alpha value is -1.96. The number of anilines is 1. The van der Waals surface area contributed by atoms with Crippen molar-refractivity contribution in [2.24, 2.45) is 5.92 Å². The monoisotopic (exact) mass is 394 g/mol. The molecule has 6 nitrogen and oxygen atoms in total. The summed E-state index contributed by atoms with van der Waals surface area (Å²) in [7, 11) is -3.10.